The van der Waals surface area contributed by atoms with Gasteiger partial charge in [-0.05, 0) is 25.2 Å². The second kappa shape index (κ2) is 5.78. The van der Waals surface area contributed by atoms with E-state index in [1.807, 2.05) is 17.8 Å². The summed E-state index contributed by atoms with van der Waals surface area (Å²) < 4.78 is 0. The minimum absolute atomic E-state index is 0.545. The lowest BCUT2D eigenvalue weighted by atomic mass is 9.94. The van der Waals surface area contributed by atoms with Gasteiger partial charge < -0.3 is 5.32 Å². The van der Waals surface area contributed by atoms with E-state index in [1.165, 1.54) is 25.7 Å². The number of nitrogens with one attached hydrogen (secondary N) is 1. The number of aromatic nitrogens is 1. The van der Waals surface area contributed by atoms with Gasteiger partial charge in [-0.25, -0.2) is 0 Å². The lowest BCUT2D eigenvalue weighted by molar-refractivity contribution is 0.475. The molecule has 1 heterocycles. The highest BCUT2D eigenvalue weighted by atomic mass is 35.5. The van der Waals surface area contributed by atoms with Crippen LogP contribution in [0.5, 0.6) is 0 Å². The van der Waals surface area contributed by atoms with E-state index in [-0.39, 0.29) is 0 Å². The van der Waals surface area contributed by atoms with E-state index in [2.05, 4.69) is 16.6 Å². The highest BCUT2D eigenvalue weighted by Gasteiger charge is 2.24. The Bertz CT molecular complexity index is 346. The van der Waals surface area contributed by atoms with Crippen LogP contribution < -0.4 is 5.32 Å². The van der Waals surface area contributed by atoms with Crippen LogP contribution in [0.25, 0.3) is 0 Å². The predicted molar refractivity (Wildman–Crippen MR) is 72.4 cm³/mol. The van der Waals surface area contributed by atoms with Crippen molar-refractivity contribution < 1.29 is 0 Å². The van der Waals surface area contributed by atoms with Crippen LogP contribution in [0.1, 0.15) is 25.7 Å². The van der Waals surface area contributed by atoms with Gasteiger partial charge >= 0.3 is 0 Å². The molecule has 0 spiro atoms. The Hall–Kier alpha value is -0.410. The molecule has 2 unspecified atom stereocenters. The van der Waals surface area contributed by atoms with Crippen molar-refractivity contribution >= 4 is 29.1 Å². The molecule has 2 atom stereocenters. The number of anilines is 1. The van der Waals surface area contributed by atoms with Gasteiger partial charge in [-0.15, -0.1) is 0 Å². The fourth-order valence-corrected chi connectivity index (χ4v) is 3.34. The SMILES string of the molecule is CSC1CCCCC1Nc1ccncc1Cl. The topological polar surface area (TPSA) is 24.9 Å². The van der Waals surface area contributed by atoms with E-state index >= 15 is 0 Å². The zero-order valence-corrected chi connectivity index (χ0v) is 11.0. The molecule has 0 aromatic carbocycles. The van der Waals surface area contributed by atoms with Crippen molar-refractivity contribution in [3.8, 4) is 0 Å². The van der Waals surface area contributed by atoms with Crippen molar-refractivity contribution in [2.24, 2.45) is 0 Å². The predicted octanol–water partition coefficient (Wildman–Crippen LogP) is 3.82. The first-order valence-electron chi connectivity index (χ1n) is 5.70. The third-order valence-electron chi connectivity index (χ3n) is 3.12. The van der Waals surface area contributed by atoms with Gasteiger partial charge in [0.2, 0.25) is 0 Å². The lowest BCUT2D eigenvalue weighted by Gasteiger charge is -2.31. The Labute approximate surface area is 106 Å². The summed E-state index contributed by atoms with van der Waals surface area (Å²) in [5, 5.41) is 4.98. The maximum atomic E-state index is 6.10. The van der Waals surface area contributed by atoms with Crippen molar-refractivity contribution in [3.05, 3.63) is 23.5 Å². The van der Waals surface area contributed by atoms with Gasteiger partial charge in [0, 0.05) is 23.7 Å². The van der Waals surface area contributed by atoms with Gasteiger partial charge in [0.1, 0.15) is 0 Å². The first kappa shape index (κ1) is 12.1. The molecule has 4 heteroatoms. The molecule has 2 rings (SSSR count). The molecule has 16 heavy (non-hydrogen) atoms. The summed E-state index contributed by atoms with van der Waals surface area (Å²) in [5.74, 6) is 0. The Morgan fingerprint density at radius 2 is 2.25 bits per heavy atom. The molecule has 1 aromatic heterocycles. The molecule has 1 aliphatic carbocycles. The quantitative estimate of drug-likeness (QED) is 0.890. The molecular formula is C12H17ClN2S. The van der Waals surface area contributed by atoms with Crippen LogP contribution >= 0.6 is 23.4 Å². The van der Waals surface area contributed by atoms with Gasteiger partial charge in [-0.3, -0.25) is 4.98 Å². The number of thioether (sulfide) groups is 1. The normalized spacial score (nSPS) is 25.4. The minimum atomic E-state index is 0.545. The van der Waals surface area contributed by atoms with Crippen molar-refractivity contribution in [1.82, 2.24) is 4.98 Å². The molecule has 0 radical (unpaired) electrons. The van der Waals surface area contributed by atoms with Gasteiger partial charge in [0.15, 0.2) is 0 Å². The number of rotatable bonds is 3. The Kier molecular flexibility index (Phi) is 4.36. The van der Waals surface area contributed by atoms with Crippen LogP contribution in [0.4, 0.5) is 5.69 Å². The fourth-order valence-electron chi connectivity index (χ4n) is 2.24. The number of pyridine rings is 1. The van der Waals surface area contributed by atoms with Crippen molar-refractivity contribution in [3.63, 3.8) is 0 Å². The smallest absolute Gasteiger partial charge is 0.0820 e. The zero-order valence-electron chi connectivity index (χ0n) is 9.45. The Morgan fingerprint density at radius 3 is 3.00 bits per heavy atom. The molecule has 2 nitrogen and oxygen atoms in total. The first-order valence-corrected chi connectivity index (χ1v) is 7.36. The van der Waals surface area contributed by atoms with E-state index in [1.54, 1.807) is 12.4 Å². The van der Waals surface area contributed by atoms with E-state index in [0.717, 1.165) is 5.69 Å². The summed E-state index contributed by atoms with van der Waals surface area (Å²) in [6.45, 7) is 0. The molecule has 0 saturated heterocycles. The molecule has 1 N–H and O–H groups in total. The molecule has 1 aromatic rings. The number of hydrogen-bond donors (Lipinski definition) is 1. The van der Waals surface area contributed by atoms with Gasteiger partial charge in [0.05, 0.1) is 10.7 Å². The number of hydrogen-bond acceptors (Lipinski definition) is 3. The second-order valence-corrected chi connectivity index (χ2v) is 5.65. The van der Waals surface area contributed by atoms with Gasteiger partial charge in [0.25, 0.3) is 0 Å². The highest BCUT2D eigenvalue weighted by molar-refractivity contribution is 7.99. The third kappa shape index (κ3) is 2.83. The maximum absolute atomic E-state index is 6.10. The Morgan fingerprint density at radius 1 is 1.44 bits per heavy atom. The fraction of sp³-hybridized carbons (Fsp3) is 0.583. The Balaban J connectivity index is 2.05. The van der Waals surface area contributed by atoms with Crippen LogP contribution in [0.3, 0.4) is 0 Å². The van der Waals surface area contributed by atoms with Crippen molar-refractivity contribution in [1.29, 1.82) is 0 Å². The summed E-state index contributed by atoms with van der Waals surface area (Å²) in [7, 11) is 0. The van der Waals surface area contributed by atoms with Crippen LogP contribution in [0.2, 0.25) is 5.02 Å². The first-order chi connectivity index (χ1) is 7.81. The molecule has 1 fully saturated rings. The second-order valence-electron chi connectivity index (χ2n) is 4.16. The van der Waals surface area contributed by atoms with E-state index in [9.17, 15) is 0 Å². The monoisotopic (exact) mass is 256 g/mol. The average Bonchev–Trinajstić information content (AvgIpc) is 2.33. The van der Waals surface area contributed by atoms with Crippen LogP contribution in [0, 0.1) is 0 Å². The largest absolute Gasteiger partial charge is 0.380 e. The molecule has 0 aliphatic heterocycles. The number of halogens is 1. The van der Waals surface area contributed by atoms with Gasteiger partial charge in [-0.2, -0.15) is 11.8 Å². The molecule has 1 saturated carbocycles. The third-order valence-corrected chi connectivity index (χ3v) is 4.59. The van der Waals surface area contributed by atoms with Crippen molar-refractivity contribution in [2.45, 2.75) is 37.0 Å². The van der Waals surface area contributed by atoms with Crippen molar-refractivity contribution in [2.75, 3.05) is 11.6 Å². The molecular weight excluding hydrogens is 240 g/mol. The average molecular weight is 257 g/mol. The van der Waals surface area contributed by atoms with Crippen LogP contribution in [0.15, 0.2) is 18.5 Å². The summed E-state index contributed by atoms with van der Waals surface area (Å²) in [4.78, 5) is 4.00. The summed E-state index contributed by atoms with van der Waals surface area (Å²) in [6, 6.07) is 2.50. The van der Waals surface area contributed by atoms with Crippen LogP contribution in [-0.4, -0.2) is 22.5 Å². The number of nitrogens with zero attached hydrogens (tertiary/aromatic N) is 1. The van der Waals surface area contributed by atoms with E-state index < -0.39 is 0 Å². The van der Waals surface area contributed by atoms with Crippen LogP contribution in [-0.2, 0) is 0 Å². The molecule has 88 valence electrons. The lowest BCUT2D eigenvalue weighted by Crippen LogP contribution is -2.34. The van der Waals surface area contributed by atoms with Gasteiger partial charge in [-0.1, -0.05) is 24.4 Å². The van der Waals surface area contributed by atoms with E-state index in [0.29, 0.717) is 16.3 Å². The zero-order chi connectivity index (χ0) is 11.4. The minimum Gasteiger partial charge on any atom is -0.380 e. The molecule has 0 amide bonds. The molecule has 1 aliphatic rings. The summed E-state index contributed by atoms with van der Waals surface area (Å²) in [5.41, 5.74) is 1.02. The standard InChI is InChI=1S/C12H17ClN2S/c1-16-12-5-3-2-4-11(12)15-10-6-7-14-8-9(10)13/h6-8,11-12H,2-5H2,1H3,(H,14,15). The highest BCUT2D eigenvalue weighted by Crippen LogP contribution is 2.31. The molecule has 0 bridgehead atoms. The van der Waals surface area contributed by atoms with E-state index in [4.69, 9.17) is 11.6 Å². The summed E-state index contributed by atoms with van der Waals surface area (Å²) >= 11 is 8.06. The maximum Gasteiger partial charge on any atom is 0.0820 e. The summed E-state index contributed by atoms with van der Waals surface area (Å²) in [6.07, 6.45) is 10.9.